The summed E-state index contributed by atoms with van der Waals surface area (Å²) in [5, 5.41) is 9.02. The van der Waals surface area contributed by atoms with Gasteiger partial charge in [0.05, 0.1) is 5.75 Å². The van der Waals surface area contributed by atoms with Gasteiger partial charge in [-0.25, -0.2) is 0 Å². The zero-order valence-corrected chi connectivity index (χ0v) is 13.9. The number of hydrogen-bond acceptors (Lipinski definition) is 5. The van der Waals surface area contributed by atoms with Gasteiger partial charge in [-0.2, -0.15) is 0 Å². The second kappa shape index (κ2) is 8.28. The largest absolute Gasteiger partial charge is 0.335 e. The average Bonchev–Trinajstić information content (AvgIpc) is 2.94. The normalized spacial score (nSPS) is 10.3. The number of nitrogens with zero attached hydrogens (tertiary/aromatic N) is 5. The summed E-state index contributed by atoms with van der Waals surface area (Å²) in [7, 11) is 1.88. The summed E-state index contributed by atoms with van der Waals surface area (Å²) in [6.45, 7) is 8.34. The van der Waals surface area contributed by atoms with E-state index < -0.39 is 0 Å². The lowest BCUT2D eigenvalue weighted by atomic mass is 10.3. The van der Waals surface area contributed by atoms with Gasteiger partial charge in [0.2, 0.25) is 5.91 Å². The molecule has 1 amide bonds. The van der Waals surface area contributed by atoms with Gasteiger partial charge in [-0.05, 0) is 12.1 Å². The van der Waals surface area contributed by atoms with E-state index in [0.29, 0.717) is 24.0 Å². The molecule has 0 spiro atoms. The fourth-order valence-corrected chi connectivity index (χ4v) is 2.81. The molecule has 2 rings (SSSR count). The summed E-state index contributed by atoms with van der Waals surface area (Å²) in [5.41, 5.74) is 0.889. The predicted octanol–water partition coefficient (Wildman–Crippen LogP) is 2.17. The third kappa shape index (κ3) is 4.29. The van der Waals surface area contributed by atoms with Crippen molar-refractivity contribution in [3.05, 3.63) is 49.8 Å². The Hall–Kier alpha value is -2.41. The number of aromatic nitrogens is 4. The number of thioether (sulfide) groups is 1. The fourth-order valence-electron chi connectivity index (χ4n) is 1.99. The third-order valence-electron chi connectivity index (χ3n) is 3.13. The van der Waals surface area contributed by atoms with Crippen LogP contribution in [0.15, 0.2) is 55.0 Å². The molecular formula is C16H19N5OS. The molecule has 6 nitrogen and oxygen atoms in total. The smallest absolute Gasteiger partial charge is 0.233 e. The first-order valence-corrected chi connectivity index (χ1v) is 8.08. The maximum absolute atomic E-state index is 12.2. The SMILES string of the molecule is C=CCN(CC=C)C(=O)CSc1nnc(-c2cccnc2)n1C. The minimum absolute atomic E-state index is 0.0146. The second-order valence-electron chi connectivity index (χ2n) is 4.77. The fraction of sp³-hybridized carbons (Fsp3) is 0.250. The Bertz CT molecular complexity index is 673. The molecule has 0 aliphatic heterocycles. The highest BCUT2D eigenvalue weighted by Gasteiger charge is 2.15. The quantitative estimate of drug-likeness (QED) is 0.548. The maximum Gasteiger partial charge on any atom is 0.233 e. The highest BCUT2D eigenvalue weighted by Crippen LogP contribution is 2.22. The summed E-state index contributed by atoms with van der Waals surface area (Å²) in [6.07, 6.45) is 6.85. The van der Waals surface area contributed by atoms with Crippen LogP contribution in [0.1, 0.15) is 0 Å². The van der Waals surface area contributed by atoms with Crippen molar-refractivity contribution in [1.29, 1.82) is 0 Å². The van der Waals surface area contributed by atoms with Crippen molar-refractivity contribution in [3.8, 4) is 11.4 Å². The first-order chi connectivity index (χ1) is 11.2. The maximum atomic E-state index is 12.2. The van der Waals surface area contributed by atoms with E-state index in [9.17, 15) is 4.79 Å². The molecule has 120 valence electrons. The van der Waals surface area contributed by atoms with E-state index in [-0.39, 0.29) is 5.91 Å². The van der Waals surface area contributed by atoms with Crippen molar-refractivity contribution in [2.45, 2.75) is 5.16 Å². The number of rotatable bonds is 8. The van der Waals surface area contributed by atoms with Crippen molar-refractivity contribution in [1.82, 2.24) is 24.6 Å². The first-order valence-electron chi connectivity index (χ1n) is 7.09. The van der Waals surface area contributed by atoms with Crippen LogP contribution in [0.5, 0.6) is 0 Å². The zero-order chi connectivity index (χ0) is 16.7. The van der Waals surface area contributed by atoms with Gasteiger partial charge >= 0.3 is 0 Å². The van der Waals surface area contributed by atoms with Crippen LogP contribution in [0.3, 0.4) is 0 Å². The summed E-state index contributed by atoms with van der Waals surface area (Å²) >= 11 is 1.36. The lowest BCUT2D eigenvalue weighted by Gasteiger charge is -2.18. The Labute approximate surface area is 139 Å². The molecule has 0 atom stereocenters. The lowest BCUT2D eigenvalue weighted by Crippen LogP contribution is -2.32. The molecule has 23 heavy (non-hydrogen) atoms. The molecule has 2 aromatic heterocycles. The minimum Gasteiger partial charge on any atom is -0.335 e. The van der Waals surface area contributed by atoms with Crippen molar-refractivity contribution in [3.63, 3.8) is 0 Å². The van der Waals surface area contributed by atoms with E-state index in [2.05, 4.69) is 28.3 Å². The number of amides is 1. The van der Waals surface area contributed by atoms with Crippen LogP contribution in [0.2, 0.25) is 0 Å². The topological polar surface area (TPSA) is 63.9 Å². The third-order valence-corrected chi connectivity index (χ3v) is 4.14. The van der Waals surface area contributed by atoms with Crippen molar-refractivity contribution >= 4 is 17.7 Å². The van der Waals surface area contributed by atoms with E-state index in [0.717, 1.165) is 11.4 Å². The van der Waals surface area contributed by atoms with Crippen LogP contribution in [0.25, 0.3) is 11.4 Å². The molecule has 0 fully saturated rings. The molecule has 2 aromatic rings. The molecular weight excluding hydrogens is 310 g/mol. The van der Waals surface area contributed by atoms with Crippen molar-refractivity contribution in [2.24, 2.45) is 7.05 Å². The molecule has 0 aliphatic carbocycles. The van der Waals surface area contributed by atoms with Gasteiger partial charge in [0, 0.05) is 38.1 Å². The van der Waals surface area contributed by atoms with E-state index >= 15 is 0 Å². The Morgan fingerprint density at radius 2 is 2.09 bits per heavy atom. The molecule has 0 N–H and O–H groups in total. The van der Waals surface area contributed by atoms with Gasteiger partial charge in [0.15, 0.2) is 11.0 Å². The summed E-state index contributed by atoms with van der Waals surface area (Å²) in [6, 6.07) is 3.77. The van der Waals surface area contributed by atoms with Crippen LogP contribution in [-0.2, 0) is 11.8 Å². The number of carbonyl (C=O) groups excluding carboxylic acids is 1. The highest BCUT2D eigenvalue weighted by atomic mass is 32.2. The van der Waals surface area contributed by atoms with E-state index in [4.69, 9.17) is 0 Å². The van der Waals surface area contributed by atoms with Gasteiger partial charge in [0.1, 0.15) is 0 Å². The highest BCUT2D eigenvalue weighted by molar-refractivity contribution is 7.99. The van der Waals surface area contributed by atoms with Crippen LogP contribution in [-0.4, -0.2) is 49.4 Å². The zero-order valence-electron chi connectivity index (χ0n) is 13.1. The molecule has 0 saturated heterocycles. The van der Waals surface area contributed by atoms with Gasteiger partial charge in [-0.1, -0.05) is 23.9 Å². The van der Waals surface area contributed by atoms with Crippen molar-refractivity contribution in [2.75, 3.05) is 18.8 Å². The Balaban J connectivity index is 2.04. The van der Waals surface area contributed by atoms with Gasteiger partial charge in [-0.15, -0.1) is 23.4 Å². The van der Waals surface area contributed by atoms with E-state index in [1.54, 1.807) is 29.4 Å². The van der Waals surface area contributed by atoms with Gasteiger partial charge < -0.3 is 9.47 Å². The van der Waals surface area contributed by atoms with E-state index in [1.165, 1.54) is 11.8 Å². The Kier molecular flexibility index (Phi) is 6.10. The standard InChI is InChI=1S/C16H19N5OS/c1-4-9-21(10-5-2)14(22)12-23-16-19-18-15(20(16)3)13-7-6-8-17-11-13/h4-8,11H,1-2,9-10,12H2,3H3. The number of pyridine rings is 1. The molecule has 0 unspecified atom stereocenters. The molecule has 0 radical (unpaired) electrons. The number of hydrogen-bond donors (Lipinski definition) is 0. The monoisotopic (exact) mass is 329 g/mol. The summed E-state index contributed by atoms with van der Waals surface area (Å²) < 4.78 is 1.86. The summed E-state index contributed by atoms with van der Waals surface area (Å²) in [5.74, 6) is 1.03. The predicted molar refractivity (Wildman–Crippen MR) is 91.9 cm³/mol. The first kappa shape index (κ1) is 17.0. The van der Waals surface area contributed by atoms with Gasteiger partial charge in [0.25, 0.3) is 0 Å². The number of carbonyl (C=O) groups is 1. The van der Waals surface area contributed by atoms with Crippen molar-refractivity contribution < 1.29 is 4.79 Å². The van der Waals surface area contributed by atoms with E-state index in [1.807, 2.05) is 23.7 Å². The Morgan fingerprint density at radius 3 is 2.70 bits per heavy atom. The molecule has 0 aliphatic rings. The van der Waals surface area contributed by atoms with Gasteiger partial charge in [-0.3, -0.25) is 9.78 Å². The molecule has 2 heterocycles. The molecule has 7 heteroatoms. The van der Waals surface area contributed by atoms with Crippen LogP contribution < -0.4 is 0 Å². The second-order valence-corrected chi connectivity index (χ2v) is 5.71. The van der Waals surface area contributed by atoms with Crippen LogP contribution in [0.4, 0.5) is 0 Å². The molecule has 0 aromatic carbocycles. The average molecular weight is 329 g/mol. The minimum atomic E-state index is 0.0146. The molecule has 0 saturated carbocycles. The Morgan fingerprint density at radius 1 is 1.35 bits per heavy atom. The molecule has 0 bridgehead atoms. The van der Waals surface area contributed by atoms with Crippen LogP contribution in [0, 0.1) is 0 Å². The lowest BCUT2D eigenvalue weighted by molar-refractivity contribution is -0.127. The van der Waals surface area contributed by atoms with Crippen LogP contribution >= 0.6 is 11.8 Å². The summed E-state index contributed by atoms with van der Waals surface area (Å²) in [4.78, 5) is 18.0.